The van der Waals surface area contributed by atoms with E-state index in [9.17, 15) is 4.79 Å². The number of rotatable bonds is 5. The van der Waals surface area contributed by atoms with Gasteiger partial charge in [0.15, 0.2) is 0 Å². The van der Waals surface area contributed by atoms with E-state index in [0.717, 1.165) is 0 Å². The molecule has 2 aromatic rings. The molecule has 0 radical (unpaired) electrons. The molecule has 6 nitrogen and oxygen atoms in total. The molecule has 0 atom stereocenters. The highest BCUT2D eigenvalue weighted by Crippen LogP contribution is 2.19. The number of ether oxygens (including phenoxy) is 1. The second kappa shape index (κ2) is 5.90. The molecule has 0 aliphatic carbocycles. The lowest BCUT2D eigenvalue weighted by Gasteiger charge is -2.09. The first kappa shape index (κ1) is 12.9. The first-order valence-corrected chi connectivity index (χ1v) is 5.88. The van der Waals surface area contributed by atoms with Gasteiger partial charge in [0.25, 0.3) is 5.91 Å². The maximum Gasteiger partial charge on any atom is 0.253 e. The van der Waals surface area contributed by atoms with Crippen LogP contribution in [0.2, 0.25) is 0 Å². The van der Waals surface area contributed by atoms with Crippen molar-refractivity contribution in [1.82, 2.24) is 14.9 Å². The topological polar surface area (TPSA) is 82.2 Å². The Morgan fingerprint density at radius 2 is 2.37 bits per heavy atom. The van der Waals surface area contributed by atoms with Crippen LogP contribution in [0.5, 0.6) is 5.75 Å². The Labute approximate surface area is 111 Å². The average Bonchev–Trinajstić information content (AvgIpc) is 2.91. The van der Waals surface area contributed by atoms with Crippen LogP contribution in [0.1, 0.15) is 10.4 Å². The molecule has 0 saturated carbocycles. The van der Waals surface area contributed by atoms with Crippen molar-refractivity contribution in [2.24, 2.45) is 0 Å². The fourth-order valence-corrected chi connectivity index (χ4v) is 1.69. The zero-order chi connectivity index (χ0) is 13.7. The van der Waals surface area contributed by atoms with Gasteiger partial charge in [0.1, 0.15) is 5.75 Å². The molecule has 0 aliphatic rings. The SMILES string of the molecule is COc1ccc(C(=O)NCCn2ccnc2)c(N)c1. The third-order valence-corrected chi connectivity index (χ3v) is 2.72. The normalized spacial score (nSPS) is 10.2. The van der Waals surface area contributed by atoms with Gasteiger partial charge in [0, 0.05) is 37.2 Å². The molecule has 1 aromatic carbocycles. The lowest BCUT2D eigenvalue weighted by atomic mass is 10.1. The molecule has 1 aromatic heterocycles. The van der Waals surface area contributed by atoms with E-state index in [-0.39, 0.29) is 5.91 Å². The van der Waals surface area contributed by atoms with E-state index in [0.29, 0.717) is 30.1 Å². The summed E-state index contributed by atoms with van der Waals surface area (Å²) in [7, 11) is 1.56. The van der Waals surface area contributed by atoms with Gasteiger partial charge in [-0.25, -0.2) is 4.98 Å². The second-order valence-electron chi connectivity index (χ2n) is 4.01. The first-order chi connectivity index (χ1) is 9.20. The molecule has 2 rings (SSSR count). The number of anilines is 1. The summed E-state index contributed by atoms with van der Waals surface area (Å²) in [4.78, 5) is 15.9. The van der Waals surface area contributed by atoms with Crippen LogP contribution in [0.4, 0.5) is 5.69 Å². The summed E-state index contributed by atoms with van der Waals surface area (Å²) in [5.41, 5.74) is 6.66. The molecular formula is C13H16N4O2. The fraction of sp³-hybridized carbons (Fsp3) is 0.231. The maximum absolute atomic E-state index is 11.9. The van der Waals surface area contributed by atoms with E-state index >= 15 is 0 Å². The number of nitrogens with zero attached hydrogens (tertiary/aromatic N) is 2. The van der Waals surface area contributed by atoms with Crippen molar-refractivity contribution in [3.8, 4) is 5.75 Å². The fourth-order valence-electron chi connectivity index (χ4n) is 1.69. The van der Waals surface area contributed by atoms with Crippen LogP contribution in [0.15, 0.2) is 36.9 Å². The molecule has 3 N–H and O–H groups in total. The number of amides is 1. The van der Waals surface area contributed by atoms with Crippen molar-refractivity contribution >= 4 is 11.6 Å². The van der Waals surface area contributed by atoms with E-state index in [1.165, 1.54) is 0 Å². The number of hydrogen-bond acceptors (Lipinski definition) is 4. The quantitative estimate of drug-likeness (QED) is 0.783. The minimum atomic E-state index is -0.194. The molecule has 1 amide bonds. The smallest absolute Gasteiger partial charge is 0.253 e. The van der Waals surface area contributed by atoms with Crippen molar-refractivity contribution in [3.63, 3.8) is 0 Å². The number of hydrogen-bond donors (Lipinski definition) is 2. The molecular weight excluding hydrogens is 244 g/mol. The molecule has 0 aliphatic heterocycles. The van der Waals surface area contributed by atoms with Crippen molar-refractivity contribution < 1.29 is 9.53 Å². The highest BCUT2D eigenvalue weighted by atomic mass is 16.5. The van der Waals surface area contributed by atoms with Gasteiger partial charge in [-0.3, -0.25) is 4.79 Å². The van der Waals surface area contributed by atoms with Crippen LogP contribution in [0, 0.1) is 0 Å². The summed E-state index contributed by atoms with van der Waals surface area (Å²) in [5.74, 6) is 0.438. The number of carbonyl (C=O) groups excluding carboxylic acids is 1. The molecule has 100 valence electrons. The minimum Gasteiger partial charge on any atom is -0.497 e. The maximum atomic E-state index is 11.9. The predicted molar refractivity (Wildman–Crippen MR) is 72.0 cm³/mol. The third kappa shape index (κ3) is 3.25. The number of aromatic nitrogens is 2. The van der Waals surface area contributed by atoms with E-state index in [1.54, 1.807) is 37.8 Å². The Morgan fingerprint density at radius 3 is 3.00 bits per heavy atom. The Morgan fingerprint density at radius 1 is 1.53 bits per heavy atom. The summed E-state index contributed by atoms with van der Waals surface area (Å²) < 4.78 is 6.92. The monoisotopic (exact) mass is 260 g/mol. The van der Waals surface area contributed by atoms with E-state index in [2.05, 4.69) is 10.3 Å². The summed E-state index contributed by atoms with van der Waals surface area (Å²) in [6, 6.07) is 4.99. The molecule has 0 saturated heterocycles. The van der Waals surface area contributed by atoms with Crippen LogP contribution in [0.3, 0.4) is 0 Å². The Kier molecular flexibility index (Phi) is 4.02. The Hall–Kier alpha value is -2.50. The molecule has 19 heavy (non-hydrogen) atoms. The van der Waals surface area contributed by atoms with Gasteiger partial charge >= 0.3 is 0 Å². The van der Waals surface area contributed by atoms with Gasteiger partial charge in [-0.1, -0.05) is 0 Å². The number of carbonyl (C=O) groups is 1. The van der Waals surface area contributed by atoms with E-state index in [1.807, 2.05) is 10.8 Å². The molecule has 0 fully saturated rings. The van der Waals surface area contributed by atoms with Gasteiger partial charge < -0.3 is 20.4 Å². The van der Waals surface area contributed by atoms with Crippen LogP contribution < -0.4 is 15.8 Å². The number of nitrogen functional groups attached to an aromatic ring is 1. The lowest BCUT2D eigenvalue weighted by Crippen LogP contribution is -2.27. The van der Waals surface area contributed by atoms with E-state index < -0.39 is 0 Å². The van der Waals surface area contributed by atoms with Gasteiger partial charge in [-0.2, -0.15) is 0 Å². The van der Waals surface area contributed by atoms with Crippen molar-refractivity contribution in [1.29, 1.82) is 0 Å². The Balaban J connectivity index is 1.92. The summed E-state index contributed by atoms with van der Waals surface area (Å²) in [6.07, 6.45) is 5.24. The van der Waals surface area contributed by atoms with Crippen LogP contribution in [0.25, 0.3) is 0 Å². The second-order valence-corrected chi connectivity index (χ2v) is 4.01. The van der Waals surface area contributed by atoms with Crippen LogP contribution in [-0.4, -0.2) is 29.1 Å². The summed E-state index contributed by atoms with van der Waals surface area (Å²) in [5, 5.41) is 2.81. The Bertz CT molecular complexity index is 552. The minimum absolute atomic E-state index is 0.194. The van der Waals surface area contributed by atoms with Crippen LogP contribution >= 0.6 is 0 Å². The third-order valence-electron chi connectivity index (χ3n) is 2.72. The van der Waals surface area contributed by atoms with Gasteiger partial charge in [0.2, 0.25) is 0 Å². The highest BCUT2D eigenvalue weighted by molar-refractivity contribution is 5.99. The molecule has 1 heterocycles. The number of nitrogens with two attached hydrogens (primary N) is 1. The number of nitrogens with one attached hydrogen (secondary N) is 1. The zero-order valence-corrected chi connectivity index (χ0v) is 10.7. The zero-order valence-electron chi connectivity index (χ0n) is 10.7. The highest BCUT2D eigenvalue weighted by Gasteiger charge is 2.09. The van der Waals surface area contributed by atoms with Crippen molar-refractivity contribution in [2.45, 2.75) is 6.54 Å². The number of imidazole rings is 1. The van der Waals surface area contributed by atoms with E-state index in [4.69, 9.17) is 10.5 Å². The van der Waals surface area contributed by atoms with Gasteiger partial charge in [0.05, 0.1) is 19.0 Å². The average molecular weight is 260 g/mol. The standard InChI is InChI=1S/C13H16N4O2/c1-19-10-2-3-11(12(14)8-10)13(18)16-5-7-17-6-4-15-9-17/h2-4,6,8-9H,5,7,14H2,1H3,(H,16,18). The summed E-state index contributed by atoms with van der Waals surface area (Å²) in [6.45, 7) is 1.18. The molecule has 0 bridgehead atoms. The summed E-state index contributed by atoms with van der Waals surface area (Å²) >= 11 is 0. The molecule has 6 heteroatoms. The van der Waals surface area contributed by atoms with Gasteiger partial charge in [-0.05, 0) is 12.1 Å². The van der Waals surface area contributed by atoms with Crippen LogP contribution in [-0.2, 0) is 6.54 Å². The van der Waals surface area contributed by atoms with Crippen molar-refractivity contribution in [3.05, 3.63) is 42.5 Å². The lowest BCUT2D eigenvalue weighted by molar-refractivity contribution is 0.0953. The number of methoxy groups -OCH3 is 1. The van der Waals surface area contributed by atoms with Gasteiger partial charge in [-0.15, -0.1) is 0 Å². The largest absolute Gasteiger partial charge is 0.497 e. The van der Waals surface area contributed by atoms with Crippen molar-refractivity contribution in [2.75, 3.05) is 19.4 Å². The first-order valence-electron chi connectivity index (χ1n) is 5.88. The molecule has 0 unspecified atom stereocenters. The number of benzene rings is 1. The predicted octanol–water partition coefficient (Wildman–Crippen LogP) is 0.904. The molecule has 0 spiro atoms.